The van der Waals surface area contributed by atoms with Crippen molar-refractivity contribution in [3.8, 4) is 11.5 Å². The second-order valence-electron chi connectivity index (χ2n) is 4.26. The summed E-state index contributed by atoms with van der Waals surface area (Å²) < 4.78 is 11.2. The highest BCUT2D eigenvalue weighted by molar-refractivity contribution is 5.46. The van der Waals surface area contributed by atoms with Crippen LogP contribution in [0.1, 0.15) is 19.4 Å². The lowest BCUT2D eigenvalue weighted by Gasteiger charge is -2.16. The highest BCUT2D eigenvalue weighted by Crippen LogP contribution is 2.31. The molecule has 2 N–H and O–H groups in total. The van der Waals surface area contributed by atoms with Crippen LogP contribution in [-0.4, -0.2) is 31.0 Å². The number of aliphatic hydroxyl groups excluding tert-OH is 1. The molecule has 0 saturated heterocycles. The summed E-state index contributed by atoms with van der Waals surface area (Å²) in [6.07, 6.45) is 1.34. The van der Waals surface area contributed by atoms with E-state index in [1.54, 1.807) is 13.0 Å². The van der Waals surface area contributed by atoms with Crippen LogP contribution in [0.3, 0.4) is 0 Å². The molecule has 1 unspecified atom stereocenters. The average Bonchev–Trinajstić information content (AvgIpc) is 2.38. The minimum absolute atomic E-state index is 0.368. The van der Waals surface area contributed by atoms with E-state index in [-0.39, 0.29) is 6.10 Å². The van der Waals surface area contributed by atoms with Gasteiger partial charge in [0.15, 0.2) is 11.5 Å². The van der Waals surface area contributed by atoms with Crippen molar-refractivity contribution in [1.82, 2.24) is 5.32 Å². The third kappa shape index (κ3) is 5.32. The Hall–Kier alpha value is -1.52. The van der Waals surface area contributed by atoms with Crippen molar-refractivity contribution in [1.29, 1.82) is 0 Å². The molecule has 1 aromatic rings. The number of hydrogen-bond acceptors (Lipinski definition) is 4. The van der Waals surface area contributed by atoms with Crippen molar-refractivity contribution in [2.75, 3.05) is 19.8 Å². The molecule has 0 saturated carbocycles. The normalized spacial score (nSPS) is 11.9. The molecule has 0 aliphatic carbocycles. The Balaban J connectivity index is 2.81. The third-order valence-electron chi connectivity index (χ3n) is 2.46. The summed E-state index contributed by atoms with van der Waals surface area (Å²) >= 11 is 0. The first-order chi connectivity index (χ1) is 9.19. The molecular weight excluding hydrogens is 242 g/mol. The molecule has 0 fully saturated rings. The summed E-state index contributed by atoms with van der Waals surface area (Å²) in [5, 5.41) is 12.4. The van der Waals surface area contributed by atoms with Crippen LogP contribution in [0.25, 0.3) is 0 Å². The topological polar surface area (TPSA) is 50.7 Å². The van der Waals surface area contributed by atoms with E-state index in [2.05, 4.69) is 11.9 Å². The maximum Gasteiger partial charge on any atom is 0.166 e. The van der Waals surface area contributed by atoms with E-state index in [1.165, 1.54) is 0 Å². The van der Waals surface area contributed by atoms with Crippen LogP contribution in [0.5, 0.6) is 11.5 Å². The van der Waals surface area contributed by atoms with Gasteiger partial charge < -0.3 is 19.9 Å². The van der Waals surface area contributed by atoms with E-state index >= 15 is 0 Å². The first-order valence-electron chi connectivity index (χ1n) is 6.56. The van der Waals surface area contributed by atoms with Gasteiger partial charge in [-0.2, -0.15) is 0 Å². The predicted molar refractivity (Wildman–Crippen MR) is 76.7 cm³/mol. The van der Waals surface area contributed by atoms with Gasteiger partial charge in [-0.05, 0) is 19.9 Å². The highest BCUT2D eigenvalue weighted by atomic mass is 16.5. The van der Waals surface area contributed by atoms with Crippen molar-refractivity contribution in [3.63, 3.8) is 0 Å². The fourth-order valence-corrected chi connectivity index (χ4v) is 1.69. The fraction of sp³-hybridized carbons (Fsp3) is 0.467. The molecule has 0 radical (unpaired) electrons. The Morgan fingerprint density at radius 1 is 1.42 bits per heavy atom. The van der Waals surface area contributed by atoms with Crippen LogP contribution in [0.4, 0.5) is 0 Å². The Labute approximate surface area is 115 Å². The van der Waals surface area contributed by atoms with Crippen LogP contribution in [-0.2, 0) is 6.54 Å². The zero-order valence-corrected chi connectivity index (χ0v) is 11.7. The summed E-state index contributed by atoms with van der Waals surface area (Å²) in [6, 6.07) is 5.81. The predicted octanol–water partition coefficient (Wildman–Crippen LogP) is 2.12. The monoisotopic (exact) mass is 265 g/mol. The van der Waals surface area contributed by atoms with Crippen molar-refractivity contribution >= 4 is 0 Å². The number of nitrogens with one attached hydrogen (secondary N) is 1. The molecule has 0 aromatic heterocycles. The molecule has 1 atom stereocenters. The quantitative estimate of drug-likeness (QED) is 0.672. The number of benzene rings is 1. The first-order valence-corrected chi connectivity index (χ1v) is 6.56. The lowest BCUT2D eigenvalue weighted by atomic mass is 10.2. The number of rotatable bonds is 9. The van der Waals surface area contributed by atoms with Crippen LogP contribution in [0.15, 0.2) is 30.9 Å². The summed E-state index contributed by atoms with van der Waals surface area (Å²) in [5.41, 5.74) is 1.01. The van der Waals surface area contributed by atoms with E-state index in [0.29, 0.717) is 26.3 Å². The molecule has 4 heteroatoms. The van der Waals surface area contributed by atoms with E-state index in [9.17, 15) is 5.11 Å². The lowest BCUT2D eigenvalue weighted by Crippen LogP contribution is -2.24. The highest BCUT2D eigenvalue weighted by Gasteiger charge is 2.10. The molecule has 0 amide bonds. The second-order valence-corrected chi connectivity index (χ2v) is 4.26. The lowest BCUT2D eigenvalue weighted by molar-refractivity contribution is 0.190. The average molecular weight is 265 g/mol. The Bertz CT molecular complexity index is 391. The van der Waals surface area contributed by atoms with Gasteiger partial charge in [0, 0.05) is 18.7 Å². The van der Waals surface area contributed by atoms with Crippen molar-refractivity contribution < 1.29 is 14.6 Å². The van der Waals surface area contributed by atoms with Crippen LogP contribution >= 0.6 is 0 Å². The zero-order valence-electron chi connectivity index (χ0n) is 11.7. The van der Waals surface area contributed by atoms with E-state index < -0.39 is 0 Å². The minimum atomic E-state index is -0.368. The Morgan fingerprint density at radius 2 is 2.21 bits per heavy atom. The molecule has 0 bridgehead atoms. The Morgan fingerprint density at radius 3 is 2.84 bits per heavy atom. The number of para-hydroxylation sites is 1. The van der Waals surface area contributed by atoms with Crippen LogP contribution < -0.4 is 14.8 Å². The van der Waals surface area contributed by atoms with E-state index in [4.69, 9.17) is 9.47 Å². The smallest absolute Gasteiger partial charge is 0.166 e. The SMILES string of the molecule is C=CCOc1c(CNCC(C)O)cccc1OCC. The second kappa shape index (κ2) is 8.56. The summed E-state index contributed by atoms with van der Waals surface area (Å²) in [7, 11) is 0. The fourth-order valence-electron chi connectivity index (χ4n) is 1.69. The largest absolute Gasteiger partial charge is 0.490 e. The van der Waals surface area contributed by atoms with Crippen LogP contribution in [0, 0.1) is 0 Å². The number of ether oxygens (including phenoxy) is 2. The van der Waals surface area contributed by atoms with Gasteiger partial charge in [0.05, 0.1) is 12.7 Å². The Kier molecular flexibility index (Phi) is 7.00. The van der Waals surface area contributed by atoms with Crippen molar-refractivity contribution in [3.05, 3.63) is 36.4 Å². The zero-order chi connectivity index (χ0) is 14.1. The van der Waals surface area contributed by atoms with Gasteiger partial charge in [-0.25, -0.2) is 0 Å². The summed E-state index contributed by atoms with van der Waals surface area (Å²) in [6.45, 7) is 9.54. The molecule has 19 heavy (non-hydrogen) atoms. The maximum atomic E-state index is 9.25. The van der Waals surface area contributed by atoms with Gasteiger partial charge in [-0.15, -0.1) is 0 Å². The molecular formula is C15H23NO3. The summed E-state index contributed by atoms with van der Waals surface area (Å²) in [5.74, 6) is 1.48. The van der Waals surface area contributed by atoms with Gasteiger partial charge in [-0.1, -0.05) is 24.8 Å². The van der Waals surface area contributed by atoms with Crippen molar-refractivity contribution in [2.45, 2.75) is 26.5 Å². The molecule has 0 aliphatic heterocycles. The summed E-state index contributed by atoms with van der Waals surface area (Å²) in [4.78, 5) is 0. The van der Waals surface area contributed by atoms with E-state index in [1.807, 2.05) is 25.1 Å². The van der Waals surface area contributed by atoms with E-state index in [0.717, 1.165) is 17.1 Å². The number of hydrogen-bond donors (Lipinski definition) is 2. The molecule has 106 valence electrons. The maximum absolute atomic E-state index is 9.25. The van der Waals surface area contributed by atoms with Gasteiger partial charge in [0.2, 0.25) is 0 Å². The first kappa shape index (κ1) is 15.5. The van der Waals surface area contributed by atoms with Gasteiger partial charge in [0.1, 0.15) is 6.61 Å². The molecule has 1 aromatic carbocycles. The third-order valence-corrected chi connectivity index (χ3v) is 2.46. The molecule has 0 heterocycles. The standard InChI is InChI=1S/C15H23NO3/c1-4-9-19-15-13(11-16-10-12(3)17)7-6-8-14(15)18-5-2/h4,6-8,12,16-17H,1,5,9-11H2,2-3H3. The number of aliphatic hydroxyl groups is 1. The molecule has 1 rings (SSSR count). The molecule has 0 aliphatic rings. The van der Waals surface area contributed by atoms with Crippen LogP contribution in [0.2, 0.25) is 0 Å². The minimum Gasteiger partial charge on any atom is -0.490 e. The van der Waals surface area contributed by atoms with Gasteiger partial charge in [-0.3, -0.25) is 0 Å². The molecule has 0 spiro atoms. The van der Waals surface area contributed by atoms with Crippen molar-refractivity contribution in [2.24, 2.45) is 0 Å². The molecule has 4 nitrogen and oxygen atoms in total. The van der Waals surface area contributed by atoms with Gasteiger partial charge in [0.25, 0.3) is 0 Å². The van der Waals surface area contributed by atoms with Gasteiger partial charge >= 0.3 is 0 Å².